The van der Waals surface area contributed by atoms with Gasteiger partial charge in [0, 0.05) is 11.8 Å². The SMILES string of the molecule is N#CCc1ccnc(Cl)c1CC#N. The molecule has 0 saturated heterocycles. The van der Waals surface area contributed by atoms with Crippen LogP contribution in [0.3, 0.4) is 0 Å². The smallest absolute Gasteiger partial charge is 0.133 e. The van der Waals surface area contributed by atoms with Gasteiger partial charge in [-0.15, -0.1) is 0 Å². The van der Waals surface area contributed by atoms with Crippen molar-refractivity contribution in [2.24, 2.45) is 0 Å². The van der Waals surface area contributed by atoms with Crippen LogP contribution in [0.2, 0.25) is 5.15 Å². The first-order valence-electron chi connectivity index (χ1n) is 3.65. The molecule has 0 unspecified atom stereocenters. The molecule has 0 bridgehead atoms. The number of rotatable bonds is 2. The molecule has 3 nitrogen and oxygen atoms in total. The number of aromatic nitrogens is 1. The zero-order chi connectivity index (χ0) is 9.68. The number of nitrogens with zero attached hydrogens (tertiary/aromatic N) is 3. The number of pyridine rings is 1. The fourth-order valence-corrected chi connectivity index (χ4v) is 1.26. The van der Waals surface area contributed by atoms with Crippen LogP contribution in [-0.2, 0) is 12.8 Å². The molecule has 4 heteroatoms. The highest BCUT2D eigenvalue weighted by molar-refractivity contribution is 6.30. The molecule has 0 spiro atoms. The summed E-state index contributed by atoms with van der Waals surface area (Å²) in [6.45, 7) is 0. The molecule has 1 heterocycles. The molecule has 1 rings (SSSR count). The van der Waals surface area contributed by atoms with E-state index in [4.69, 9.17) is 22.1 Å². The Bertz CT molecular complexity index is 387. The maximum Gasteiger partial charge on any atom is 0.133 e. The highest BCUT2D eigenvalue weighted by Gasteiger charge is 2.06. The average molecular weight is 192 g/mol. The zero-order valence-corrected chi connectivity index (χ0v) is 7.54. The van der Waals surface area contributed by atoms with Crippen molar-refractivity contribution in [2.45, 2.75) is 12.8 Å². The lowest BCUT2D eigenvalue weighted by atomic mass is 10.1. The third kappa shape index (κ3) is 2.18. The minimum Gasteiger partial charge on any atom is -0.244 e. The summed E-state index contributed by atoms with van der Waals surface area (Å²) >= 11 is 5.77. The summed E-state index contributed by atoms with van der Waals surface area (Å²) in [5.41, 5.74) is 1.44. The van der Waals surface area contributed by atoms with Crippen LogP contribution in [0.15, 0.2) is 12.3 Å². The first-order valence-corrected chi connectivity index (χ1v) is 4.03. The van der Waals surface area contributed by atoms with Crippen molar-refractivity contribution in [3.05, 3.63) is 28.5 Å². The maximum atomic E-state index is 8.52. The fraction of sp³-hybridized carbons (Fsp3) is 0.222. The van der Waals surface area contributed by atoms with E-state index in [0.717, 1.165) is 5.56 Å². The second-order valence-electron chi connectivity index (χ2n) is 2.41. The van der Waals surface area contributed by atoms with Crippen LogP contribution in [-0.4, -0.2) is 4.98 Å². The third-order valence-electron chi connectivity index (χ3n) is 1.63. The number of hydrogen-bond donors (Lipinski definition) is 0. The van der Waals surface area contributed by atoms with Crippen LogP contribution in [0.5, 0.6) is 0 Å². The lowest BCUT2D eigenvalue weighted by molar-refractivity contribution is 1.11. The molecule has 0 amide bonds. The van der Waals surface area contributed by atoms with Gasteiger partial charge in [0.25, 0.3) is 0 Å². The largest absolute Gasteiger partial charge is 0.244 e. The maximum absolute atomic E-state index is 8.52. The Balaban J connectivity index is 3.12. The van der Waals surface area contributed by atoms with Gasteiger partial charge in [0.1, 0.15) is 5.15 Å². The quantitative estimate of drug-likeness (QED) is 0.671. The van der Waals surface area contributed by atoms with Crippen LogP contribution in [0.4, 0.5) is 0 Å². The van der Waals surface area contributed by atoms with Crippen LogP contribution in [0.25, 0.3) is 0 Å². The van der Waals surface area contributed by atoms with Crippen molar-refractivity contribution in [1.82, 2.24) is 4.98 Å². The van der Waals surface area contributed by atoms with Gasteiger partial charge in [-0.3, -0.25) is 0 Å². The van der Waals surface area contributed by atoms with Crippen LogP contribution in [0, 0.1) is 22.7 Å². The average Bonchev–Trinajstić information content (AvgIpc) is 2.11. The molecular weight excluding hydrogens is 186 g/mol. The minimum atomic E-state index is 0.198. The van der Waals surface area contributed by atoms with Gasteiger partial charge in [-0.1, -0.05) is 11.6 Å². The van der Waals surface area contributed by atoms with E-state index in [9.17, 15) is 0 Å². The van der Waals surface area contributed by atoms with Crippen LogP contribution >= 0.6 is 11.6 Å². The van der Waals surface area contributed by atoms with E-state index in [-0.39, 0.29) is 12.8 Å². The Morgan fingerprint density at radius 3 is 2.62 bits per heavy atom. The third-order valence-corrected chi connectivity index (χ3v) is 1.95. The highest BCUT2D eigenvalue weighted by Crippen LogP contribution is 2.17. The van der Waals surface area contributed by atoms with Crippen molar-refractivity contribution >= 4 is 11.6 Å². The number of hydrogen-bond acceptors (Lipinski definition) is 3. The summed E-state index contributed by atoms with van der Waals surface area (Å²) in [5, 5.41) is 17.3. The molecule has 0 radical (unpaired) electrons. The number of halogens is 1. The monoisotopic (exact) mass is 191 g/mol. The van der Waals surface area contributed by atoms with Crippen molar-refractivity contribution < 1.29 is 0 Å². The van der Waals surface area contributed by atoms with Gasteiger partial charge < -0.3 is 0 Å². The Morgan fingerprint density at radius 2 is 2.00 bits per heavy atom. The molecule has 0 N–H and O–H groups in total. The second kappa shape index (κ2) is 4.45. The first-order chi connectivity index (χ1) is 6.29. The van der Waals surface area contributed by atoms with Gasteiger partial charge in [-0.2, -0.15) is 10.5 Å². The van der Waals surface area contributed by atoms with Crippen molar-refractivity contribution in [3.8, 4) is 12.1 Å². The van der Waals surface area contributed by atoms with Crippen LogP contribution in [0.1, 0.15) is 11.1 Å². The molecule has 0 aliphatic rings. The van der Waals surface area contributed by atoms with E-state index in [2.05, 4.69) is 4.98 Å². The van der Waals surface area contributed by atoms with E-state index in [1.807, 2.05) is 12.1 Å². The lowest BCUT2D eigenvalue weighted by Gasteiger charge is -2.03. The van der Waals surface area contributed by atoms with E-state index >= 15 is 0 Å². The molecule has 13 heavy (non-hydrogen) atoms. The molecule has 0 fully saturated rings. The van der Waals surface area contributed by atoms with E-state index in [1.165, 1.54) is 6.20 Å². The molecule has 1 aromatic rings. The number of nitriles is 2. The summed E-state index contributed by atoms with van der Waals surface area (Å²) in [5.74, 6) is 0. The summed E-state index contributed by atoms with van der Waals surface area (Å²) in [6.07, 6.45) is 2.00. The molecule has 64 valence electrons. The van der Waals surface area contributed by atoms with Gasteiger partial charge in [0.2, 0.25) is 0 Å². The summed E-state index contributed by atoms with van der Waals surface area (Å²) in [7, 11) is 0. The van der Waals surface area contributed by atoms with E-state index < -0.39 is 0 Å². The van der Waals surface area contributed by atoms with Crippen LogP contribution < -0.4 is 0 Å². The summed E-state index contributed by atoms with van der Waals surface area (Å²) in [4.78, 5) is 3.85. The first kappa shape index (κ1) is 9.51. The Morgan fingerprint density at radius 1 is 1.31 bits per heavy atom. The second-order valence-corrected chi connectivity index (χ2v) is 2.77. The van der Waals surface area contributed by atoms with Crippen molar-refractivity contribution in [2.75, 3.05) is 0 Å². The summed E-state index contributed by atoms with van der Waals surface area (Å²) < 4.78 is 0. The topological polar surface area (TPSA) is 60.5 Å². The zero-order valence-electron chi connectivity index (χ0n) is 6.79. The molecule has 0 aliphatic heterocycles. The fourth-order valence-electron chi connectivity index (χ4n) is 1.02. The minimum absolute atomic E-state index is 0.198. The van der Waals surface area contributed by atoms with E-state index in [0.29, 0.717) is 10.7 Å². The van der Waals surface area contributed by atoms with E-state index in [1.54, 1.807) is 6.07 Å². The van der Waals surface area contributed by atoms with Gasteiger partial charge in [-0.05, 0) is 11.6 Å². The lowest BCUT2D eigenvalue weighted by Crippen LogP contribution is -1.95. The summed E-state index contributed by atoms with van der Waals surface area (Å²) in [6, 6.07) is 5.71. The Kier molecular flexibility index (Phi) is 3.25. The van der Waals surface area contributed by atoms with Gasteiger partial charge >= 0.3 is 0 Å². The molecule has 0 aromatic carbocycles. The highest BCUT2D eigenvalue weighted by atomic mass is 35.5. The van der Waals surface area contributed by atoms with Gasteiger partial charge in [0.05, 0.1) is 25.0 Å². The van der Waals surface area contributed by atoms with Gasteiger partial charge in [-0.25, -0.2) is 4.98 Å². The molecular formula is C9H6ClN3. The predicted molar refractivity (Wildman–Crippen MR) is 47.9 cm³/mol. The molecule has 0 aliphatic carbocycles. The Labute approximate surface area is 81.2 Å². The van der Waals surface area contributed by atoms with Crippen molar-refractivity contribution in [3.63, 3.8) is 0 Å². The standard InChI is InChI=1S/C9H6ClN3/c10-9-8(2-5-12)7(1-4-11)3-6-13-9/h3,6H,1-2H2. The van der Waals surface area contributed by atoms with Crippen molar-refractivity contribution in [1.29, 1.82) is 10.5 Å². The Hall–Kier alpha value is -1.58. The molecule has 1 aromatic heterocycles. The normalized spacial score (nSPS) is 8.85. The predicted octanol–water partition coefficient (Wildman–Crippen LogP) is 1.87. The van der Waals surface area contributed by atoms with Gasteiger partial charge in [0.15, 0.2) is 0 Å². The molecule has 0 atom stereocenters. The molecule has 0 saturated carbocycles.